The highest BCUT2D eigenvalue weighted by Gasteiger charge is 2.52. The first-order valence-corrected chi connectivity index (χ1v) is 18.4. The fourth-order valence-corrected chi connectivity index (χ4v) is 6.53. The molecule has 0 spiro atoms. The van der Waals surface area contributed by atoms with Gasteiger partial charge in [0.15, 0.2) is 0 Å². The largest absolute Gasteiger partial charge is 0.494 e. The van der Waals surface area contributed by atoms with Crippen molar-refractivity contribution in [3.63, 3.8) is 0 Å². The van der Waals surface area contributed by atoms with Gasteiger partial charge in [-0.05, 0) is 57.4 Å². The van der Waals surface area contributed by atoms with Crippen molar-refractivity contribution < 1.29 is 19.4 Å². The summed E-state index contributed by atoms with van der Waals surface area (Å²) in [4.78, 5) is 56.0. The molecule has 230 valence electrons. The van der Waals surface area contributed by atoms with Crippen molar-refractivity contribution >= 4 is 25.8 Å². The van der Waals surface area contributed by atoms with Crippen molar-refractivity contribution in [1.29, 1.82) is 5.41 Å². The minimum Gasteiger partial charge on any atom is -0.494 e. The number of aromatic hydroxyl groups is 1. The molecule has 1 aliphatic carbocycles. The lowest BCUT2D eigenvalue weighted by atomic mass is 9.77. The third-order valence-electron chi connectivity index (χ3n) is 8.58. The SMILES string of the molecule is CCCCn1c(O)c(C(=N)N)c(=O)n(C2CCC(CN3C(=O)N(COCC[Si](C)(C)C)C(=O)C3(C)C)C(C)C2)c1=O. The monoisotopic (exact) mass is 592 g/mol. The highest BCUT2D eigenvalue weighted by atomic mass is 28.3. The molecule has 1 aromatic rings. The quantitative estimate of drug-likeness (QED) is 0.110. The van der Waals surface area contributed by atoms with Gasteiger partial charge in [-0.1, -0.05) is 39.9 Å². The van der Waals surface area contributed by atoms with Gasteiger partial charge in [-0.25, -0.2) is 14.5 Å². The lowest BCUT2D eigenvalue weighted by Gasteiger charge is -2.39. The second-order valence-electron chi connectivity index (χ2n) is 13.3. The molecule has 0 aromatic carbocycles. The third kappa shape index (κ3) is 6.77. The summed E-state index contributed by atoms with van der Waals surface area (Å²) in [6.07, 6.45) is 3.02. The molecule has 1 saturated carbocycles. The van der Waals surface area contributed by atoms with E-state index in [9.17, 15) is 24.3 Å². The summed E-state index contributed by atoms with van der Waals surface area (Å²) in [5.74, 6) is -1.34. The minimum atomic E-state index is -1.30. The molecule has 1 aliphatic heterocycles. The number of carbonyl (C=O) groups is 2. The van der Waals surface area contributed by atoms with Gasteiger partial charge in [0.1, 0.15) is 23.7 Å². The number of ether oxygens (including phenoxy) is 1. The Morgan fingerprint density at radius 1 is 1.17 bits per heavy atom. The molecule has 2 heterocycles. The summed E-state index contributed by atoms with van der Waals surface area (Å²) in [5, 5.41) is 18.4. The zero-order chi connectivity index (χ0) is 30.9. The van der Waals surface area contributed by atoms with Gasteiger partial charge in [-0.2, -0.15) is 0 Å². The average Bonchev–Trinajstić information content (AvgIpc) is 3.01. The molecule has 13 heteroatoms. The minimum absolute atomic E-state index is 0.0273. The summed E-state index contributed by atoms with van der Waals surface area (Å²) in [5.41, 5.74) is 2.92. The smallest absolute Gasteiger partial charge is 0.334 e. The highest BCUT2D eigenvalue weighted by Crippen LogP contribution is 2.38. The molecule has 0 bridgehead atoms. The van der Waals surface area contributed by atoms with Crippen LogP contribution in [0.3, 0.4) is 0 Å². The van der Waals surface area contributed by atoms with Crippen LogP contribution in [-0.4, -0.2) is 75.3 Å². The second kappa shape index (κ2) is 12.5. The van der Waals surface area contributed by atoms with E-state index in [-0.39, 0.29) is 42.6 Å². The highest BCUT2D eigenvalue weighted by molar-refractivity contribution is 6.76. The first-order valence-electron chi connectivity index (χ1n) is 14.7. The maximum Gasteiger partial charge on any atom is 0.334 e. The summed E-state index contributed by atoms with van der Waals surface area (Å²) < 4.78 is 8.01. The number of amides is 3. The van der Waals surface area contributed by atoms with Crippen LogP contribution in [0.5, 0.6) is 5.88 Å². The number of nitrogens with two attached hydrogens (primary N) is 1. The maximum atomic E-state index is 13.4. The number of nitrogen functional groups attached to an aromatic ring is 1. The number of hydrogen-bond acceptors (Lipinski definition) is 7. The second-order valence-corrected chi connectivity index (χ2v) is 18.9. The Balaban J connectivity index is 1.77. The molecular formula is C28H48N6O6Si. The Morgan fingerprint density at radius 2 is 1.83 bits per heavy atom. The molecule has 2 aliphatic rings. The van der Waals surface area contributed by atoms with Gasteiger partial charge in [-0.3, -0.25) is 24.1 Å². The number of nitrogens with one attached hydrogen (secondary N) is 1. The first-order chi connectivity index (χ1) is 19.0. The number of rotatable bonds is 12. The van der Waals surface area contributed by atoms with Crippen LogP contribution in [0.2, 0.25) is 25.7 Å². The number of unbranched alkanes of at least 4 members (excludes halogenated alkanes) is 1. The molecule has 3 amide bonds. The van der Waals surface area contributed by atoms with Crippen LogP contribution in [0.15, 0.2) is 9.59 Å². The van der Waals surface area contributed by atoms with Crippen LogP contribution in [0.1, 0.15) is 71.4 Å². The Kier molecular flexibility index (Phi) is 9.95. The number of imide groups is 1. The van der Waals surface area contributed by atoms with E-state index in [1.165, 1.54) is 4.90 Å². The Hall–Kier alpha value is -2.93. The third-order valence-corrected chi connectivity index (χ3v) is 10.3. The van der Waals surface area contributed by atoms with Crippen molar-refractivity contribution in [1.82, 2.24) is 18.9 Å². The summed E-state index contributed by atoms with van der Waals surface area (Å²) in [7, 11) is -1.30. The van der Waals surface area contributed by atoms with Gasteiger partial charge in [0.25, 0.3) is 11.5 Å². The maximum absolute atomic E-state index is 13.4. The van der Waals surface area contributed by atoms with E-state index in [0.29, 0.717) is 38.8 Å². The number of aromatic nitrogens is 2. The lowest BCUT2D eigenvalue weighted by molar-refractivity contribution is -0.135. The molecule has 1 saturated heterocycles. The molecular weight excluding hydrogens is 544 g/mol. The Morgan fingerprint density at radius 3 is 2.39 bits per heavy atom. The van der Waals surface area contributed by atoms with Crippen molar-refractivity contribution in [2.45, 2.75) is 104 Å². The zero-order valence-corrected chi connectivity index (χ0v) is 26.7. The van der Waals surface area contributed by atoms with Crippen molar-refractivity contribution in [3.05, 3.63) is 26.4 Å². The molecule has 12 nitrogen and oxygen atoms in total. The van der Waals surface area contributed by atoms with Crippen molar-refractivity contribution in [2.24, 2.45) is 17.6 Å². The summed E-state index contributed by atoms with van der Waals surface area (Å²) in [6, 6.07) is 0.147. The lowest BCUT2D eigenvalue weighted by Crippen LogP contribution is -2.49. The standard InChI is InChI=1S/C28H48N6O6Si/c1-8-9-12-31-23(35)21(22(29)30)24(36)34(27(31)39)20-11-10-19(18(2)15-20)16-33-26(38)32(25(37)28(33,3)4)17-40-13-14-41(5,6)7/h18-20,35H,8-17H2,1-7H3,(H3,29,30). The Bertz CT molecular complexity index is 1280. The van der Waals surface area contributed by atoms with Crippen molar-refractivity contribution in [2.75, 3.05) is 19.9 Å². The van der Waals surface area contributed by atoms with E-state index < -0.39 is 42.6 Å². The predicted molar refractivity (Wildman–Crippen MR) is 160 cm³/mol. The number of nitrogens with zero attached hydrogens (tertiary/aromatic N) is 4. The number of urea groups is 1. The average molecular weight is 593 g/mol. The van der Waals surface area contributed by atoms with Crippen LogP contribution in [0, 0.1) is 17.2 Å². The topological polar surface area (TPSA) is 164 Å². The van der Waals surface area contributed by atoms with Gasteiger partial charge in [-0.15, -0.1) is 0 Å². The molecule has 4 N–H and O–H groups in total. The molecule has 41 heavy (non-hydrogen) atoms. The van der Waals surface area contributed by atoms with E-state index in [1.54, 1.807) is 18.7 Å². The van der Waals surface area contributed by atoms with Gasteiger partial charge >= 0.3 is 11.7 Å². The first kappa shape index (κ1) is 32.6. The molecule has 0 radical (unpaired) electrons. The Labute approximate surface area is 243 Å². The van der Waals surface area contributed by atoms with Crippen LogP contribution >= 0.6 is 0 Å². The number of hydrogen-bond donors (Lipinski definition) is 3. The van der Waals surface area contributed by atoms with E-state index in [0.717, 1.165) is 21.6 Å². The molecule has 3 atom stereocenters. The van der Waals surface area contributed by atoms with Crippen LogP contribution in [0.4, 0.5) is 4.79 Å². The van der Waals surface area contributed by atoms with E-state index in [2.05, 4.69) is 19.6 Å². The number of carbonyl (C=O) groups excluding carboxylic acids is 2. The van der Waals surface area contributed by atoms with Crippen molar-refractivity contribution in [3.8, 4) is 5.88 Å². The van der Waals surface area contributed by atoms with Gasteiger partial charge in [0.05, 0.1) is 0 Å². The predicted octanol–water partition coefficient (Wildman–Crippen LogP) is 3.13. The molecule has 2 fully saturated rings. The molecule has 3 unspecified atom stereocenters. The van der Waals surface area contributed by atoms with Crippen LogP contribution < -0.4 is 17.0 Å². The van der Waals surface area contributed by atoms with E-state index in [1.807, 2.05) is 13.8 Å². The van der Waals surface area contributed by atoms with Gasteiger partial charge < -0.3 is 20.5 Å². The zero-order valence-electron chi connectivity index (χ0n) is 25.7. The summed E-state index contributed by atoms with van der Waals surface area (Å²) in [6.45, 7) is 15.2. The fourth-order valence-electron chi connectivity index (χ4n) is 5.78. The van der Waals surface area contributed by atoms with E-state index >= 15 is 0 Å². The van der Waals surface area contributed by atoms with Crippen LogP contribution in [0.25, 0.3) is 0 Å². The van der Waals surface area contributed by atoms with Gasteiger partial charge in [0.2, 0.25) is 5.88 Å². The van der Waals surface area contributed by atoms with Gasteiger partial charge in [0, 0.05) is 33.8 Å². The molecule has 3 rings (SSSR count). The normalized spacial score (nSPS) is 23.0. The van der Waals surface area contributed by atoms with Crippen LogP contribution in [-0.2, 0) is 16.1 Å². The summed E-state index contributed by atoms with van der Waals surface area (Å²) >= 11 is 0. The van der Waals surface area contributed by atoms with E-state index in [4.69, 9.17) is 15.9 Å². The number of amidine groups is 1. The fraction of sp³-hybridized carbons (Fsp3) is 0.750. The molecule has 1 aromatic heterocycles.